The molecule has 7 nitrogen and oxygen atoms in total. The van der Waals surface area contributed by atoms with Crippen molar-refractivity contribution >= 4 is 32.6 Å². The van der Waals surface area contributed by atoms with Gasteiger partial charge in [0.05, 0.1) is 0 Å². The zero-order chi connectivity index (χ0) is 17.8. The molecule has 0 aromatic heterocycles. The standard InChI is InChI=1S/C16H16FN3O4S/c17-15-12-5-9(11-3-4-18-7-11)1-2-10(12)6-13(21)16(15)20-8-14(22)19-25(20,23)24/h1-2,5-6,11,18,21H,3-4,7-8H2,(H,19,22). The molecule has 25 heavy (non-hydrogen) atoms. The lowest BCUT2D eigenvalue weighted by Crippen LogP contribution is -2.30. The second-order valence-electron chi connectivity index (χ2n) is 6.27. The monoisotopic (exact) mass is 365 g/mol. The van der Waals surface area contributed by atoms with Crippen LogP contribution in [0.25, 0.3) is 10.8 Å². The van der Waals surface area contributed by atoms with Gasteiger partial charge in [0.2, 0.25) is 0 Å². The average molecular weight is 365 g/mol. The number of amides is 1. The molecule has 2 aromatic carbocycles. The molecule has 2 aliphatic rings. The van der Waals surface area contributed by atoms with E-state index in [9.17, 15) is 18.3 Å². The topological polar surface area (TPSA) is 98.7 Å². The quantitative estimate of drug-likeness (QED) is 0.736. The first-order valence-electron chi connectivity index (χ1n) is 7.86. The van der Waals surface area contributed by atoms with Gasteiger partial charge in [0.1, 0.15) is 18.0 Å². The van der Waals surface area contributed by atoms with Crippen LogP contribution in [0.3, 0.4) is 0 Å². The number of carbonyl (C=O) groups is 1. The second-order valence-corrected chi connectivity index (χ2v) is 7.86. The molecule has 1 atom stereocenters. The Bertz CT molecular complexity index is 987. The highest BCUT2D eigenvalue weighted by atomic mass is 32.2. The lowest BCUT2D eigenvalue weighted by molar-refractivity contribution is -0.117. The van der Waals surface area contributed by atoms with E-state index < -0.39 is 39.9 Å². The second kappa shape index (κ2) is 5.57. The van der Waals surface area contributed by atoms with Gasteiger partial charge in [0.15, 0.2) is 5.82 Å². The van der Waals surface area contributed by atoms with Crippen molar-refractivity contribution in [2.75, 3.05) is 23.9 Å². The molecule has 1 amide bonds. The van der Waals surface area contributed by atoms with Crippen LogP contribution in [-0.2, 0) is 15.0 Å². The van der Waals surface area contributed by atoms with Gasteiger partial charge in [-0.15, -0.1) is 0 Å². The summed E-state index contributed by atoms with van der Waals surface area (Å²) in [4.78, 5) is 11.4. The van der Waals surface area contributed by atoms with E-state index >= 15 is 4.39 Å². The van der Waals surface area contributed by atoms with Crippen LogP contribution in [0.4, 0.5) is 10.1 Å². The lowest BCUT2D eigenvalue weighted by atomic mass is 9.95. The van der Waals surface area contributed by atoms with Crippen LogP contribution in [0.5, 0.6) is 5.75 Å². The number of aromatic hydroxyl groups is 1. The van der Waals surface area contributed by atoms with E-state index in [-0.39, 0.29) is 11.3 Å². The summed E-state index contributed by atoms with van der Waals surface area (Å²) in [6.07, 6.45) is 0.941. The highest BCUT2D eigenvalue weighted by molar-refractivity contribution is 7.92. The highest BCUT2D eigenvalue weighted by Gasteiger charge is 2.37. The smallest absolute Gasteiger partial charge is 0.326 e. The molecule has 2 fully saturated rings. The van der Waals surface area contributed by atoms with Gasteiger partial charge in [-0.05, 0) is 42.0 Å². The predicted octanol–water partition coefficient (Wildman–Crippen LogP) is 0.942. The summed E-state index contributed by atoms with van der Waals surface area (Å²) in [6.45, 7) is 1.13. The zero-order valence-electron chi connectivity index (χ0n) is 13.1. The van der Waals surface area contributed by atoms with Crippen LogP contribution < -0.4 is 14.3 Å². The van der Waals surface area contributed by atoms with Crippen molar-refractivity contribution in [3.63, 3.8) is 0 Å². The normalized spacial score (nSPS) is 22.5. The largest absolute Gasteiger partial charge is 0.506 e. The average Bonchev–Trinajstić information content (AvgIpc) is 3.15. The van der Waals surface area contributed by atoms with Gasteiger partial charge in [-0.1, -0.05) is 12.1 Å². The van der Waals surface area contributed by atoms with Crippen molar-refractivity contribution < 1.29 is 22.7 Å². The molecule has 0 saturated carbocycles. The molecule has 0 radical (unpaired) electrons. The fraction of sp³-hybridized carbons (Fsp3) is 0.312. The summed E-state index contributed by atoms with van der Waals surface area (Å²) in [5.41, 5.74) is 0.444. The number of benzene rings is 2. The molecule has 3 N–H and O–H groups in total. The Labute approximate surface area is 143 Å². The third kappa shape index (κ3) is 2.59. The van der Waals surface area contributed by atoms with Crippen LogP contribution in [0.1, 0.15) is 17.9 Å². The van der Waals surface area contributed by atoms with Crippen LogP contribution >= 0.6 is 0 Å². The minimum Gasteiger partial charge on any atom is -0.506 e. The molecule has 0 aliphatic carbocycles. The molecule has 1 unspecified atom stereocenters. The summed E-state index contributed by atoms with van der Waals surface area (Å²) in [5, 5.41) is 14.1. The van der Waals surface area contributed by atoms with E-state index in [2.05, 4.69) is 5.32 Å². The maximum Gasteiger partial charge on any atom is 0.326 e. The van der Waals surface area contributed by atoms with Gasteiger partial charge in [-0.2, -0.15) is 8.42 Å². The predicted molar refractivity (Wildman–Crippen MR) is 90.2 cm³/mol. The number of hydrogen-bond acceptors (Lipinski definition) is 5. The van der Waals surface area contributed by atoms with Crippen LogP contribution in [0, 0.1) is 5.82 Å². The van der Waals surface area contributed by atoms with Crippen molar-refractivity contribution in [3.8, 4) is 5.75 Å². The number of nitrogens with zero attached hydrogens (tertiary/aromatic N) is 1. The van der Waals surface area contributed by atoms with Gasteiger partial charge in [0, 0.05) is 11.9 Å². The lowest BCUT2D eigenvalue weighted by Gasteiger charge is -2.19. The van der Waals surface area contributed by atoms with Gasteiger partial charge < -0.3 is 10.4 Å². The van der Waals surface area contributed by atoms with Crippen LogP contribution in [0.2, 0.25) is 0 Å². The Morgan fingerprint density at radius 2 is 2.08 bits per heavy atom. The van der Waals surface area contributed by atoms with Gasteiger partial charge in [-0.3, -0.25) is 4.79 Å². The molecule has 132 valence electrons. The van der Waals surface area contributed by atoms with Crippen LogP contribution in [0.15, 0.2) is 24.3 Å². The summed E-state index contributed by atoms with van der Waals surface area (Å²) in [5.74, 6) is -1.90. The molecule has 4 rings (SSSR count). The van der Waals surface area contributed by atoms with E-state index in [1.807, 2.05) is 6.07 Å². The fourth-order valence-corrected chi connectivity index (χ4v) is 4.59. The molecule has 2 heterocycles. The number of halogens is 1. The molecule has 0 bridgehead atoms. The number of hydrogen-bond donors (Lipinski definition) is 3. The molecule has 2 aromatic rings. The van der Waals surface area contributed by atoms with E-state index in [0.29, 0.717) is 9.69 Å². The number of phenols is 1. The molecule has 2 aliphatic heterocycles. The Morgan fingerprint density at radius 3 is 2.72 bits per heavy atom. The minimum atomic E-state index is -4.20. The summed E-state index contributed by atoms with van der Waals surface area (Å²) in [6, 6.07) is 6.58. The van der Waals surface area contributed by atoms with Gasteiger partial charge >= 0.3 is 10.2 Å². The number of fused-ring (bicyclic) bond motifs is 1. The SMILES string of the molecule is O=C1CN(c2c(O)cc3ccc(C4CCNC4)cc3c2F)S(=O)(=O)N1. The van der Waals surface area contributed by atoms with Crippen molar-refractivity contribution in [2.45, 2.75) is 12.3 Å². The number of carbonyl (C=O) groups excluding carboxylic acids is 1. The summed E-state index contributed by atoms with van der Waals surface area (Å²) < 4.78 is 41.4. The molecule has 0 spiro atoms. The highest BCUT2D eigenvalue weighted by Crippen LogP contribution is 2.39. The van der Waals surface area contributed by atoms with Crippen molar-refractivity contribution in [1.82, 2.24) is 10.0 Å². The molecular weight excluding hydrogens is 349 g/mol. The Kier molecular flexibility index (Phi) is 3.58. The van der Waals surface area contributed by atoms with Crippen molar-refractivity contribution in [3.05, 3.63) is 35.6 Å². The first-order chi connectivity index (χ1) is 11.9. The summed E-state index contributed by atoms with van der Waals surface area (Å²) >= 11 is 0. The maximum atomic E-state index is 15.1. The molecule has 2 saturated heterocycles. The third-order valence-electron chi connectivity index (χ3n) is 4.66. The van der Waals surface area contributed by atoms with Gasteiger partial charge in [-0.25, -0.2) is 13.4 Å². The number of nitrogens with one attached hydrogen (secondary N) is 2. The fourth-order valence-electron chi connectivity index (χ4n) is 3.42. The summed E-state index contributed by atoms with van der Waals surface area (Å²) in [7, 11) is -4.20. The first kappa shape index (κ1) is 16.1. The third-order valence-corrected chi connectivity index (χ3v) is 6.04. The zero-order valence-corrected chi connectivity index (χ0v) is 13.9. The van der Waals surface area contributed by atoms with Crippen molar-refractivity contribution in [1.29, 1.82) is 0 Å². The maximum absolute atomic E-state index is 15.1. The Morgan fingerprint density at radius 1 is 1.28 bits per heavy atom. The Balaban J connectivity index is 1.88. The Hall–Kier alpha value is -2.39. The van der Waals surface area contributed by atoms with Gasteiger partial charge in [0.25, 0.3) is 5.91 Å². The molecule has 9 heteroatoms. The number of anilines is 1. The number of rotatable bonds is 2. The van der Waals surface area contributed by atoms with Crippen molar-refractivity contribution in [2.24, 2.45) is 0 Å². The van der Waals surface area contributed by atoms with E-state index in [0.717, 1.165) is 25.1 Å². The van der Waals surface area contributed by atoms with E-state index in [1.165, 1.54) is 6.07 Å². The first-order valence-corrected chi connectivity index (χ1v) is 9.30. The number of phenolic OH excluding ortho intramolecular Hbond substituents is 1. The molecular formula is C16H16FN3O4S. The van der Waals surface area contributed by atoms with Crippen LogP contribution in [-0.4, -0.2) is 39.1 Å². The minimum absolute atomic E-state index is 0.215. The van der Waals surface area contributed by atoms with E-state index in [1.54, 1.807) is 16.9 Å². The van der Waals surface area contributed by atoms with E-state index in [4.69, 9.17) is 0 Å².